The Morgan fingerprint density at radius 1 is 0.673 bits per heavy atom. The number of ether oxygens (including phenoxy) is 4. The van der Waals surface area contributed by atoms with Crippen LogP contribution in [0.1, 0.15) is 123 Å². The molecule has 0 radical (unpaired) electrons. The largest absolute Gasteiger partial charge is 0.394 e. The van der Waals surface area contributed by atoms with E-state index in [2.05, 4.69) is 55.6 Å². The molecule has 0 saturated carbocycles. The minimum absolute atomic E-state index is 0.230. The van der Waals surface area contributed by atoms with Crippen molar-refractivity contribution in [1.29, 1.82) is 0 Å². The van der Waals surface area contributed by atoms with E-state index in [0.717, 1.165) is 77.0 Å². The summed E-state index contributed by atoms with van der Waals surface area (Å²) in [6, 6.07) is -0.828. The van der Waals surface area contributed by atoms with Gasteiger partial charge in [-0.25, -0.2) is 0 Å². The van der Waals surface area contributed by atoms with Crippen molar-refractivity contribution in [2.75, 3.05) is 19.8 Å². The zero-order valence-electron chi connectivity index (χ0n) is 33.2. The third-order valence-corrected chi connectivity index (χ3v) is 10.1. The lowest BCUT2D eigenvalue weighted by molar-refractivity contribution is -0.359. The van der Waals surface area contributed by atoms with Gasteiger partial charge in [0.25, 0.3) is 0 Å². The second-order valence-corrected chi connectivity index (χ2v) is 14.7. The second kappa shape index (κ2) is 29.4. The first-order chi connectivity index (χ1) is 26.6. The molecule has 14 nitrogen and oxygen atoms in total. The fourth-order valence-electron chi connectivity index (χ4n) is 6.66. The normalized spacial score (nSPS) is 30.1. The molecule has 320 valence electrons. The van der Waals surface area contributed by atoms with Crippen molar-refractivity contribution in [3.63, 3.8) is 0 Å². The van der Waals surface area contributed by atoms with Crippen LogP contribution in [0.15, 0.2) is 36.5 Å². The zero-order chi connectivity index (χ0) is 40.4. The van der Waals surface area contributed by atoms with E-state index >= 15 is 0 Å². The molecule has 2 heterocycles. The fraction of sp³-hybridized carbons (Fsp3) is 0.829. The third-order valence-electron chi connectivity index (χ3n) is 10.1. The summed E-state index contributed by atoms with van der Waals surface area (Å²) in [7, 11) is 0. The summed E-state index contributed by atoms with van der Waals surface area (Å²) < 4.78 is 22.5. The summed E-state index contributed by atoms with van der Waals surface area (Å²) in [4.78, 5) is 13.0. The molecule has 2 aliphatic rings. The van der Waals surface area contributed by atoms with E-state index < -0.39 is 86.8 Å². The minimum Gasteiger partial charge on any atom is -0.394 e. The standard InChI is InChI=1S/C41H73NO13/c1-3-5-7-9-10-11-12-13-14-15-16-17-18-19-20-21-23-25-33(46)42-29(30(45)24-22-8-6-4-2)28-52-40-38(51)36(49)39(32(27-44)54-40)55-41-37(50)35(48)34(47)31(26-43)53-41/h5,7,10-11,13-14,29-32,34-41,43-45,47-51H,3-4,6,8-9,12,15-28H2,1-2H3,(H,42,46)/b7-5-,11-10-,14-13-. The van der Waals surface area contributed by atoms with Crippen molar-refractivity contribution in [2.24, 2.45) is 0 Å². The van der Waals surface area contributed by atoms with Crippen LogP contribution in [0.4, 0.5) is 0 Å². The minimum atomic E-state index is -1.78. The molecule has 0 aromatic carbocycles. The number of allylic oxidation sites excluding steroid dienone is 6. The molecule has 0 aromatic rings. The summed E-state index contributed by atoms with van der Waals surface area (Å²) in [6.45, 7) is 2.56. The average molecular weight is 788 g/mol. The van der Waals surface area contributed by atoms with Crippen molar-refractivity contribution in [2.45, 2.75) is 197 Å². The molecule has 12 unspecified atom stereocenters. The van der Waals surface area contributed by atoms with Gasteiger partial charge >= 0.3 is 0 Å². The lowest BCUT2D eigenvalue weighted by Crippen LogP contribution is -2.65. The molecule has 2 aliphatic heterocycles. The maximum Gasteiger partial charge on any atom is 0.220 e. The topological polar surface area (TPSA) is 228 Å². The van der Waals surface area contributed by atoms with Gasteiger partial charge in [0, 0.05) is 6.42 Å². The number of hydrogen-bond donors (Lipinski definition) is 9. The van der Waals surface area contributed by atoms with E-state index in [4.69, 9.17) is 18.9 Å². The first-order valence-electron chi connectivity index (χ1n) is 20.7. The first-order valence-corrected chi connectivity index (χ1v) is 20.7. The van der Waals surface area contributed by atoms with Crippen LogP contribution in [0.25, 0.3) is 0 Å². The predicted octanol–water partition coefficient (Wildman–Crippen LogP) is 2.81. The number of aliphatic hydroxyl groups is 8. The molecule has 12 atom stereocenters. The van der Waals surface area contributed by atoms with E-state index in [-0.39, 0.29) is 18.9 Å². The molecule has 2 saturated heterocycles. The molecule has 0 aliphatic carbocycles. The van der Waals surface area contributed by atoms with Crippen molar-refractivity contribution in [3.8, 4) is 0 Å². The number of carbonyl (C=O) groups excluding carboxylic acids is 1. The molecule has 2 fully saturated rings. The summed E-state index contributed by atoms with van der Waals surface area (Å²) >= 11 is 0. The summed E-state index contributed by atoms with van der Waals surface area (Å²) in [5.41, 5.74) is 0. The quantitative estimate of drug-likeness (QED) is 0.0393. The Labute approximate surface area is 328 Å². The highest BCUT2D eigenvalue weighted by Gasteiger charge is 2.50. The number of hydrogen-bond acceptors (Lipinski definition) is 13. The fourth-order valence-corrected chi connectivity index (χ4v) is 6.66. The molecule has 55 heavy (non-hydrogen) atoms. The van der Waals surface area contributed by atoms with Gasteiger partial charge in [-0.2, -0.15) is 0 Å². The number of unbranched alkanes of at least 4 members (excludes halogenated alkanes) is 10. The van der Waals surface area contributed by atoms with Crippen LogP contribution < -0.4 is 5.32 Å². The monoisotopic (exact) mass is 788 g/mol. The molecule has 9 N–H and O–H groups in total. The predicted molar refractivity (Wildman–Crippen MR) is 208 cm³/mol. The van der Waals surface area contributed by atoms with E-state index in [1.54, 1.807) is 0 Å². The Bertz CT molecular complexity index is 1070. The van der Waals surface area contributed by atoms with Gasteiger partial charge in [0.05, 0.1) is 32.0 Å². The van der Waals surface area contributed by atoms with Crippen LogP contribution in [-0.2, 0) is 23.7 Å². The third kappa shape index (κ3) is 18.6. The Morgan fingerprint density at radius 2 is 1.25 bits per heavy atom. The highest BCUT2D eigenvalue weighted by molar-refractivity contribution is 5.76. The number of amides is 1. The van der Waals surface area contributed by atoms with Gasteiger partial charge in [0.2, 0.25) is 5.91 Å². The van der Waals surface area contributed by atoms with Crippen LogP contribution in [0.5, 0.6) is 0 Å². The lowest BCUT2D eigenvalue weighted by Gasteiger charge is -2.46. The van der Waals surface area contributed by atoms with Crippen molar-refractivity contribution < 1.29 is 64.6 Å². The molecule has 2 rings (SSSR count). The SMILES string of the molecule is CC/C=C\C/C=C\C/C=C\CCCCCCCCCC(=O)NC(COC1OC(CO)C(OC2OC(CO)C(O)C(O)C2O)C(O)C1O)C(O)CCCCCC. The van der Waals surface area contributed by atoms with E-state index in [1.165, 1.54) is 12.8 Å². The Balaban J connectivity index is 1.80. The van der Waals surface area contributed by atoms with Gasteiger partial charge in [-0.15, -0.1) is 0 Å². The Hall–Kier alpha value is -1.79. The van der Waals surface area contributed by atoms with Crippen molar-refractivity contribution in [3.05, 3.63) is 36.5 Å². The smallest absolute Gasteiger partial charge is 0.220 e. The summed E-state index contributed by atoms with van der Waals surface area (Å²) in [5.74, 6) is -0.230. The number of rotatable bonds is 29. The highest BCUT2D eigenvalue weighted by Crippen LogP contribution is 2.30. The van der Waals surface area contributed by atoms with Crippen LogP contribution in [0, 0.1) is 0 Å². The van der Waals surface area contributed by atoms with Crippen molar-refractivity contribution in [1.82, 2.24) is 5.32 Å². The lowest BCUT2D eigenvalue weighted by atomic mass is 9.97. The second-order valence-electron chi connectivity index (χ2n) is 14.7. The highest BCUT2D eigenvalue weighted by atomic mass is 16.7. The van der Waals surface area contributed by atoms with Gasteiger partial charge in [0.15, 0.2) is 12.6 Å². The van der Waals surface area contributed by atoms with E-state index in [0.29, 0.717) is 12.8 Å². The van der Waals surface area contributed by atoms with Gasteiger partial charge < -0.3 is 65.1 Å². The van der Waals surface area contributed by atoms with Crippen LogP contribution >= 0.6 is 0 Å². The van der Waals surface area contributed by atoms with Gasteiger partial charge in [-0.3, -0.25) is 4.79 Å². The molecule has 0 spiro atoms. The van der Waals surface area contributed by atoms with Gasteiger partial charge in [-0.05, 0) is 44.9 Å². The van der Waals surface area contributed by atoms with Crippen molar-refractivity contribution >= 4 is 5.91 Å². The number of carbonyl (C=O) groups is 1. The van der Waals surface area contributed by atoms with Crippen LogP contribution in [0.2, 0.25) is 0 Å². The van der Waals surface area contributed by atoms with Gasteiger partial charge in [0.1, 0.15) is 48.8 Å². The average Bonchev–Trinajstić information content (AvgIpc) is 3.18. The molecule has 1 amide bonds. The molecular formula is C41H73NO13. The number of aliphatic hydroxyl groups excluding tert-OH is 8. The summed E-state index contributed by atoms with van der Waals surface area (Å²) in [5, 5.41) is 85.8. The Kier molecular flexibility index (Phi) is 26.4. The molecule has 14 heteroatoms. The van der Waals surface area contributed by atoms with Crippen LogP contribution in [0.3, 0.4) is 0 Å². The van der Waals surface area contributed by atoms with Crippen LogP contribution in [-0.4, -0.2) is 140 Å². The van der Waals surface area contributed by atoms with Gasteiger partial charge in [-0.1, -0.05) is 108 Å². The first kappa shape index (κ1) is 49.4. The molecular weight excluding hydrogens is 714 g/mol. The maximum atomic E-state index is 13.0. The summed E-state index contributed by atoms with van der Waals surface area (Å²) in [6.07, 6.45) is 12.4. The molecule has 0 aromatic heterocycles. The van der Waals surface area contributed by atoms with E-state index in [1.807, 2.05) is 0 Å². The Morgan fingerprint density at radius 3 is 1.91 bits per heavy atom. The number of nitrogens with one attached hydrogen (secondary N) is 1. The molecule has 0 bridgehead atoms. The van der Waals surface area contributed by atoms with E-state index in [9.17, 15) is 45.6 Å². The zero-order valence-corrected chi connectivity index (χ0v) is 33.2. The maximum absolute atomic E-state index is 13.0.